The van der Waals surface area contributed by atoms with Gasteiger partial charge in [-0.2, -0.15) is 0 Å². The van der Waals surface area contributed by atoms with Crippen molar-refractivity contribution in [1.82, 2.24) is 16.0 Å². The molecule has 5 heteroatoms. The van der Waals surface area contributed by atoms with Gasteiger partial charge in [0.1, 0.15) is 0 Å². The smallest absolute Gasteiger partial charge is 0.233 e. The number of nitrogens with one attached hydrogen (secondary N) is 3. The average molecular weight is 229 g/mol. The Morgan fingerprint density at radius 3 is 2.19 bits per heavy atom. The lowest BCUT2D eigenvalue weighted by atomic mass is 10.1. The van der Waals surface area contributed by atoms with Crippen LogP contribution >= 0.6 is 0 Å². The van der Waals surface area contributed by atoms with Crippen LogP contribution in [0.15, 0.2) is 0 Å². The number of carbonyl (C=O) groups is 2. The Morgan fingerprint density at radius 2 is 1.69 bits per heavy atom. The first kappa shape index (κ1) is 14.9. The van der Waals surface area contributed by atoms with Crippen molar-refractivity contribution in [1.29, 1.82) is 0 Å². The molecule has 0 radical (unpaired) electrons. The van der Waals surface area contributed by atoms with Crippen LogP contribution in [0.25, 0.3) is 0 Å². The Morgan fingerprint density at radius 1 is 1.06 bits per heavy atom. The van der Waals surface area contributed by atoms with Gasteiger partial charge < -0.3 is 16.0 Å². The second-order valence-corrected chi connectivity index (χ2v) is 4.66. The molecule has 0 aliphatic heterocycles. The van der Waals surface area contributed by atoms with E-state index in [1.54, 1.807) is 0 Å². The molecule has 0 aromatic heterocycles. The summed E-state index contributed by atoms with van der Waals surface area (Å²) in [5.41, 5.74) is -0.0725. The Bertz CT molecular complexity index is 234. The van der Waals surface area contributed by atoms with Crippen LogP contribution in [-0.4, -0.2) is 37.0 Å². The zero-order valence-corrected chi connectivity index (χ0v) is 10.6. The lowest BCUT2D eigenvalue weighted by molar-refractivity contribution is -0.122. The van der Waals surface area contributed by atoms with E-state index in [1.165, 1.54) is 0 Å². The van der Waals surface area contributed by atoms with Crippen molar-refractivity contribution in [2.45, 2.75) is 39.7 Å². The van der Waals surface area contributed by atoms with Crippen LogP contribution in [0.5, 0.6) is 0 Å². The highest BCUT2D eigenvalue weighted by Gasteiger charge is 2.10. The van der Waals surface area contributed by atoms with Crippen molar-refractivity contribution < 1.29 is 9.59 Å². The molecule has 0 saturated heterocycles. The van der Waals surface area contributed by atoms with Crippen LogP contribution in [0.2, 0.25) is 0 Å². The first-order valence-corrected chi connectivity index (χ1v) is 5.63. The third-order valence-electron chi connectivity index (χ3n) is 1.83. The molecule has 16 heavy (non-hydrogen) atoms. The summed E-state index contributed by atoms with van der Waals surface area (Å²) in [4.78, 5) is 22.4. The van der Waals surface area contributed by atoms with Gasteiger partial charge in [-0.1, -0.05) is 0 Å². The second-order valence-electron chi connectivity index (χ2n) is 4.66. The molecule has 5 nitrogen and oxygen atoms in total. The van der Waals surface area contributed by atoms with E-state index in [9.17, 15) is 9.59 Å². The maximum Gasteiger partial charge on any atom is 0.233 e. The van der Waals surface area contributed by atoms with E-state index >= 15 is 0 Å². The average Bonchev–Trinajstić information content (AvgIpc) is 2.14. The van der Waals surface area contributed by atoms with E-state index in [-0.39, 0.29) is 23.9 Å². The minimum Gasteiger partial charge on any atom is -0.356 e. The topological polar surface area (TPSA) is 70.2 Å². The molecular formula is C11H23N3O2. The molecule has 0 unspecified atom stereocenters. The Balaban J connectivity index is 3.55. The summed E-state index contributed by atoms with van der Waals surface area (Å²) in [7, 11) is 0. The largest absolute Gasteiger partial charge is 0.356 e. The Kier molecular flexibility index (Phi) is 6.72. The van der Waals surface area contributed by atoms with Crippen LogP contribution in [0, 0.1) is 0 Å². The molecule has 0 spiro atoms. The number of carbonyl (C=O) groups excluding carboxylic acids is 2. The zero-order chi connectivity index (χ0) is 12.6. The van der Waals surface area contributed by atoms with Crippen molar-refractivity contribution in [3.63, 3.8) is 0 Å². The maximum atomic E-state index is 11.3. The van der Waals surface area contributed by atoms with Gasteiger partial charge in [0.25, 0.3) is 0 Å². The highest BCUT2D eigenvalue weighted by molar-refractivity contribution is 5.80. The van der Waals surface area contributed by atoms with Gasteiger partial charge in [0.2, 0.25) is 11.8 Å². The number of hydrogen-bond donors (Lipinski definition) is 3. The Labute approximate surface area is 97.4 Å². The normalized spacial score (nSPS) is 11.0. The van der Waals surface area contributed by atoms with Crippen molar-refractivity contribution in [2.75, 3.05) is 19.6 Å². The standard InChI is InChI=1S/C11H23N3O2/c1-5-12-9(15)6-7-13-10(16)8-14-11(2,3)4/h14H,5-8H2,1-4H3,(H,12,15)(H,13,16). The van der Waals surface area contributed by atoms with Gasteiger partial charge in [-0.05, 0) is 27.7 Å². The molecule has 0 atom stereocenters. The number of rotatable bonds is 6. The molecule has 0 aromatic rings. The van der Waals surface area contributed by atoms with Crippen LogP contribution < -0.4 is 16.0 Å². The summed E-state index contributed by atoms with van der Waals surface area (Å²) in [6.07, 6.45) is 0.328. The summed E-state index contributed by atoms with van der Waals surface area (Å²) in [5.74, 6) is -0.120. The minimum absolute atomic E-state index is 0.0356. The van der Waals surface area contributed by atoms with E-state index in [4.69, 9.17) is 0 Å². The van der Waals surface area contributed by atoms with Gasteiger partial charge in [0, 0.05) is 25.0 Å². The third kappa shape index (κ3) is 9.45. The molecule has 3 N–H and O–H groups in total. The molecule has 0 aliphatic carbocycles. The summed E-state index contributed by atoms with van der Waals surface area (Å²) in [6, 6.07) is 0. The summed E-state index contributed by atoms with van der Waals surface area (Å²) in [5, 5.41) is 8.42. The van der Waals surface area contributed by atoms with E-state index in [1.807, 2.05) is 27.7 Å². The van der Waals surface area contributed by atoms with Gasteiger partial charge >= 0.3 is 0 Å². The highest BCUT2D eigenvalue weighted by Crippen LogP contribution is 1.96. The highest BCUT2D eigenvalue weighted by atomic mass is 16.2. The first-order valence-electron chi connectivity index (χ1n) is 5.63. The van der Waals surface area contributed by atoms with Gasteiger partial charge in [0.15, 0.2) is 0 Å². The number of amides is 2. The lowest BCUT2D eigenvalue weighted by Gasteiger charge is -2.19. The molecule has 0 saturated carbocycles. The van der Waals surface area contributed by atoms with Crippen LogP contribution in [0.4, 0.5) is 0 Å². The third-order valence-corrected chi connectivity index (χ3v) is 1.83. The molecule has 0 aliphatic rings. The Hall–Kier alpha value is -1.10. The second kappa shape index (κ2) is 7.22. The van der Waals surface area contributed by atoms with Crippen LogP contribution in [0.1, 0.15) is 34.1 Å². The van der Waals surface area contributed by atoms with Gasteiger partial charge in [-0.25, -0.2) is 0 Å². The fourth-order valence-corrected chi connectivity index (χ4v) is 1.01. The summed E-state index contributed by atoms with van der Waals surface area (Å²) in [6.45, 7) is 9.14. The SMILES string of the molecule is CCNC(=O)CCNC(=O)CNC(C)(C)C. The molecule has 0 aromatic carbocycles. The fourth-order valence-electron chi connectivity index (χ4n) is 1.01. The number of hydrogen-bond acceptors (Lipinski definition) is 3. The summed E-state index contributed by atoms with van der Waals surface area (Å²) >= 11 is 0. The molecular weight excluding hydrogens is 206 g/mol. The van der Waals surface area contributed by atoms with Crippen molar-refractivity contribution in [2.24, 2.45) is 0 Å². The van der Waals surface area contributed by atoms with Crippen molar-refractivity contribution >= 4 is 11.8 Å². The molecule has 2 amide bonds. The first-order chi connectivity index (χ1) is 7.35. The van der Waals surface area contributed by atoms with E-state index in [0.29, 0.717) is 19.5 Å². The molecule has 0 fully saturated rings. The molecule has 0 rings (SSSR count). The maximum absolute atomic E-state index is 11.3. The van der Waals surface area contributed by atoms with Crippen LogP contribution in [0.3, 0.4) is 0 Å². The molecule has 0 heterocycles. The van der Waals surface area contributed by atoms with Crippen molar-refractivity contribution in [3.8, 4) is 0 Å². The fraction of sp³-hybridized carbons (Fsp3) is 0.818. The van der Waals surface area contributed by atoms with Gasteiger partial charge in [-0.3, -0.25) is 9.59 Å². The van der Waals surface area contributed by atoms with Crippen LogP contribution in [-0.2, 0) is 9.59 Å². The van der Waals surface area contributed by atoms with Gasteiger partial charge in [0.05, 0.1) is 6.54 Å². The lowest BCUT2D eigenvalue weighted by Crippen LogP contribution is -2.43. The predicted molar refractivity (Wildman–Crippen MR) is 64.1 cm³/mol. The summed E-state index contributed by atoms with van der Waals surface area (Å²) < 4.78 is 0. The van der Waals surface area contributed by atoms with Crippen molar-refractivity contribution in [3.05, 3.63) is 0 Å². The predicted octanol–water partition coefficient (Wildman–Crippen LogP) is 0.0169. The minimum atomic E-state index is -0.0841. The zero-order valence-electron chi connectivity index (χ0n) is 10.6. The molecule has 94 valence electrons. The van der Waals surface area contributed by atoms with E-state index in [0.717, 1.165) is 0 Å². The van der Waals surface area contributed by atoms with E-state index < -0.39 is 0 Å². The molecule has 0 bridgehead atoms. The monoisotopic (exact) mass is 229 g/mol. The van der Waals surface area contributed by atoms with E-state index in [2.05, 4.69) is 16.0 Å². The quantitative estimate of drug-likeness (QED) is 0.601. The van der Waals surface area contributed by atoms with Gasteiger partial charge in [-0.15, -0.1) is 0 Å².